The van der Waals surface area contributed by atoms with Gasteiger partial charge in [-0.1, -0.05) is 35.9 Å². The number of aromatic hydroxyl groups is 2. The van der Waals surface area contributed by atoms with Crippen LogP contribution in [0.3, 0.4) is 0 Å². The minimum absolute atomic E-state index is 0.0564. The van der Waals surface area contributed by atoms with E-state index in [4.69, 9.17) is 11.6 Å². The Morgan fingerprint density at radius 2 is 1.70 bits per heavy atom. The van der Waals surface area contributed by atoms with Crippen molar-refractivity contribution in [1.29, 1.82) is 0 Å². The van der Waals surface area contributed by atoms with Crippen molar-refractivity contribution in [3.63, 3.8) is 0 Å². The van der Waals surface area contributed by atoms with Crippen molar-refractivity contribution in [1.82, 2.24) is 9.97 Å². The molecule has 4 aromatic rings. The van der Waals surface area contributed by atoms with Gasteiger partial charge in [-0.25, -0.2) is 4.98 Å². The van der Waals surface area contributed by atoms with Crippen LogP contribution in [0.15, 0.2) is 73.1 Å². The van der Waals surface area contributed by atoms with Crippen molar-refractivity contribution < 1.29 is 10.2 Å². The third kappa shape index (κ3) is 3.37. The first-order valence-electron chi connectivity index (χ1n) is 8.36. The standard InChI is InChI=1S/C21H16ClN3O2/c22-17-9-7-14(26)12-16(17)20(25-18-5-1-2-10-23-18)15-8-6-13-4-3-11-24-19(13)21(15)27/h1-12,20,26-27H,(H,23,25). The largest absolute Gasteiger partial charge is 0.508 e. The van der Waals surface area contributed by atoms with Crippen LogP contribution in [0, 0.1) is 0 Å². The summed E-state index contributed by atoms with van der Waals surface area (Å²) >= 11 is 6.41. The smallest absolute Gasteiger partial charge is 0.147 e. The fourth-order valence-electron chi connectivity index (χ4n) is 3.05. The molecule has 0 aliphatic rings. The molecule has 0 aliphatic heterocycles. The summed E-state index contributed by atoms with van der Waals surface area (Å²) in [6.07, 6.45) is 3.31. The maximum absolute atomic E-state index is 10.9. The molecular formula is C21H16ClN3O2. The summed E-state index contributed by atoms with van der Waals surface area (Å²) in [4.78, 5) is 8.59. The van der Waals surface area contributed by atoms with Crippen LogP contribution < -0.4 is 5.32 Å². The summed E-state index contributed by atoms with van der Waals surface area (Å²) in [6, 6.07) is 17.1. The lowest BCUT2D eigenvalue weighted by molar-refractivity contribution is 0.469. The fraction of sp³-hybridized carbons (Fsp3) is 0.0476. The van der Waals surface area contributed by atoms with E-state index in [2.05, 4.69) is 15.3 Å². The van der Waals surface area contributed by atoms with E-state index >= 15 is 0 Å². The van der Waals surface area contributed by atoms with Gasteiger partial charge in [0.05, 0.1) is 6.04 Å². The van der Waals surface area contributed by atoms with Gasteiger partial charge < -0.3 is 15.5 Å². The van der Waals surface area contributed by atoms with Gasteiger partial charge in [-0.15, -0.1) is 0 Å². The summed E-state index contributed by atoms with van der Waals surface area (Å²) in [6.45, 7) is 0. The van der Waals surface area contributed by atoms with Crippen LogP contribution in [0.2, 0.25) is 5.02 Å². The zero-order chi connectivity index (χ0) is 18.8. The molecule has 0 spiro atoms. The average molecular weight is 378 g/mol. The minimum atomic E-state index is -0.536. The van der Waals surface area contributed by atoms with Crippen molar-refractivity contribution >= 4 is 28.3 Å². The number of rotatable bonds is 4. The van der Waals surface area contributed by atoms with Gasteiger partial charge in [0, 0.05) is 33.9 Å². The van der Waals surface area contributed by atoms with Crippen molar-refractivity contribution in [2.75, 3.05) is 5.32 Å². The van der Waals surface area contributed by atoms with E-state index in [0.717, 1.165) is 5.39 Å². The van der Waals surface area contributed by atoms with Crippen LogP contribution in [0.4, 0.5) is 5.82 Å². The number of phenolic OH excluding ortho intramolecular Hbond substituents is 2. The second kappa shape index (κ2) is 7.13. The number of nitrogens with one attached hydrogen (secondary N) is 1. The SMILES string of the molecule is Oc1ccc(Cl)c(C(Nc2ccccn2)c2ccc3cccnc3c2O)c1. The van der Waals surface area contributed by atoms with Gasteiger partial charge in [-0.05, 0) is 36.4 Å². The predicted molar refractivity (Wildman–Crippen MR) is 106 cm³/mol. The van der Waals surface area contributed by atoms with Crippen molar-refractivity contribution in [2.24, 2.45) is 0 Å². The van der Waals surface area contributed by atoms with Gasteiger partial charge in [0.2, 0.25) is 0 Å². The molecule has 1 atom stereocenters. The number of fused-ring (bicyclic) bond motifs is 1. The van der Waals surface area contributed by atoms with Crippen LogP contribution in [-0.4, -0.2) is 20.2 Å². The Hall–Kier alpha value is -3.31. The number of hydrogen-bond donors (Lipinski definition) is 3. The first kappa shape index (κ1) is 17.1. The Morgan fingerprint density at radius 3 is 2.52 bits per heavy atom. The monoisotopic (exact) mass is 377 g/mol. The zero-order valence-corrected chi connectivity index (χ0v) is 14.9. The van der Waals surface area contributed by atoms with Gasteiger partial charge in [-0.2, -0.15) is 0 Å². The molecule has 27 heavy (non-hydrogen) atoms. The molecule has 0 radical (unpaired) electrons. The molecule has 0 saturated heterocycles. The lowest BCUT2D eigenvalue weighted by atomic mass is 9.96. The van der Waals surface area contributed by atoms with E-state index < -0.39 is 6.04 Å². The second-order valence-corrected chi connectivity index (χ2v) is 6.48. The number of halogens is 1. The number of phenols is 2. The average Bonchev–Trinajstić information content (AvgIpc) is 2.70. The summed E-state index contributed by atoms with van der Waals surface area (Å²) in [7, 11) is 0. The summed E-state index contributed by atoms with van der Waals surface area (Å²) in [5.41, 5.74) is 1.70. The number of benzene rings is 2. The molecule has 2 heterocycles. The molecule has 1 unspecified atom stereocenters. The van der Waals surface area contributed by atoms with Crippen LogP contribution >= 0.6 is 11.6 Å². The maximum Gasteiger partial charge on any atom is 0.147 e. The number of nitrogens with zero attached hydrogens (tertiary/aromatic N) is 2. The fourth-order valence-corrected chi connectivity index (χ4v) is 3.28. The molecule has 0 saturated carbocycles. The molecule has 0 amide bonds. The molecule has 2 aromatic carbocycles. The number of hydrogen-bond acceptors (Lipinski definition) is 5. The Balaban J connectivity index is 1.90. The maximum atomic E-state index is 10.9. The van der Waals surface area contributed by atoms with E-state index in [1.165, 1.54) is 6.07 Å². The predicted octanol–water partition coefficient (Wildman–Crippen LogP) is 4.90. The van der Waals surface area contributed by atoms with Crippen LogP contribution in [0.5, 0.6) is 11.5 Å². The van der Waals surface area contributed by atoms with Gasteiger partial charge >= 0.3 is 0 Å². The Kier molecular flexibility index (Phi) is 4.52. The molecule has 5 nitrogen and oxygen atoms in total. The molecule has 6 heteroatoms. The van der Waals surface area contributed by atoms with Crippen LogP contribution in [0.1, 0.15) is 17.2 Å². The lowest BCUT2D eigenvalue weighted by Gasteiger charge is -2.23. The highest BCUT2D eigenvalue weighted by atomic mass is 35.5. The highest BCUT2D eigenvalue weighted by Crippen LogP contribution is 2.39. The van der Waals surface area contributed by atoms with Crippen molar-refractivity contribution in [3.8, 4) is 11.5 Å². The van der Waals surface area contributed by atoms with Gasteiger partial charge in [0.15, 0.2) is 0 Å². The van der Waals surface area contributed by atoms with E-state index in [9.17, 15) is 10.2 Å². The Labute approximate surface area is 160 Å². The quantitative estimate of drug-likeness (QED) is 0.471. The number of aromatic nitrogens is 2. The molecule has 3 N–H and O–H groups in total. The Morgan fingerprint density at radius 1 is 0.852 bits per heavy atom. The number of anilines is 1. The molecule has 134 valence electrons. The van der Waals surface area contributed by atoms with Crippen LogP contribution in [0.25, 0.3) is 10.9 Å². The molecule has 0 bridgehead atoms. The van der Waals surface area contributed by atoms with Gasteiger partial charge in [0.25, 0.3) is 0 Å². The molecule has 2 aromatic heterocycles. The first-order chi connectivity index (χ1) is 13.1. The first-order valence-corrected chi connectivity index (χ1v) is 8.74. The van der Waals surface area contributed by atoms with E-state index in [1.54, 1.807) is 24.5 Å². The highest BCUT2D eigenvalue weighted by molar-refractivity contribution is 6.31. The molecule has 4 rings (SSSR count). The topological polar surface area (TPSA) is 78.3 Å². The summed E-state index contributed by atoms with van der Waals surface area (Å²) < 4.78 is 0. The van der Waals surface area contributed by atoms with E-state index in [1.807, 2.05) is 42.5 Å². The minimum Gasteiger partial charge on any atom is -0.508 e. The highest BCUT2D eigenvalue weighted by Gasteiger charge is 2.23. The summed E-state index contributed by atoms with van der Waals surface area (Å²) in [5.74, 6) is 0.754. The van der Waals surface area contributed by atoms with E-state index in [-0.39, 0.29) is 11.5 Å². The van der Waals surface area contributed by atoms with Crippen molar-refractivity contribution in [2.45, 2.75) is 6.04 Å². The second-order valence-electron chi connectivity index (χ2n) is 6.08. The number of pyridine rings is 2. The molecule has 0 fully saturated rings. The summed E-state index contributed by atoms with van der Waals surface area (Å²) in [5, 5.41) is 25.4. The zero-order valence-electron chi connectivity index (χ0n) is 14.2. The lowest BCUT2D eigenvalue weighted by Crippen LogP contribution is -2.14. The van der Waals surface area contributed by atoms with Crippen LogP contribution in [-0.2, 0) is 0 Å². The molecule has 0 aliphatic carbocycles. The third-order valence-corrected chi connectivity index (χ3v) is 4.68. The van der Waals surface area contributed by atoms with Crippen molar-refractivity contribution in [3.05, 3.63) is 89.2 Å². The van der Waals surface area contributed by atoms with E-state index in [0.29, 0.717) is 27.5 Å². The van der Waals surface area contributed by atoms with Gasteiger partial charge in [-0.3, -0.25) is 4.98 Å². The molecular weight excluding hydrogens is 362 g/mol. The third-order valence-electron chi connectivity index (χ3n) is 4.34. The normalized spacial score (nSPS) is 12.0. The van der Waals surface area contributed by atoms with Gasteiger partial charge in [0.1, 0.15) is 22.8 Å². The Bertz CT molecular complexity index is 1100.